The van der Waals surface area contributed by atoms with Gasteiger partial charge < -0.3 is 11.1 Å². The van der Waals surface area contributed by atoms with Crippen LogP contribution in [0.4, 0.5) is 11.4 Å². The molecule has 1 heterocycles. The molecule has 0 aromatic heterocycles. The smallest absolute Gasteiger partial charge is 0.212 e. The molecule has 0 fully saturated rings. The highest BCUT2D eigenvalue weighted by atomic mass is 32.2. The van der Waals surface area contributed by atoms with Crippen molar-refractivity contribution in [2.75, 3.05) is 17.6 Å². The average molecular weight is 180 g/mol. The van der Waals surface area contributed by atoms with Crippen molar-refractivity contribution in [2.24, 2.45) is 0 Å². The topological polar surface area (TPSA) is 55.1 Å². The van der Waals surface area contributed by atoms with E-state index in [1.54, 1.807) is 0 Å². The fourth-order valence-electron chi connectivity index (χ4n) is 1.14. The molecule has 0 unspecified atom stereocenters. The van der Waals surface area contributed by atoms with Crippen LogP contribution in [0.25, 0.3) is 0 Å². The van der Waals surface area contributed by atoms with E-state index >= 15 is 0 Å². The Kier molecular flexibility index (Phi) is 1.69. The van der Waals surface area contributed by atoms with Gasteiger partial charge >= 0.3 is 0 Å². The highest BCUT2D eigenvalue weighted by molar-refractivity contribution is 8.14. The molecule has 0 amide bonds. The number of fused-ring (bicyclic) bond motifs is 1. The number of nitrogens with one attached hydrogen (secondary N) is 1. The van der Waals surface area contributed by atoms with E-state index in [0.29, 0.717) is 12.2 Å². The summed E-state index contributed by atoms with van der Waals surface area (Å²) in [5.41, 5.74) is 7.29. The molecule has 2 rings (SSSR count). The molecular weight excluding hydrogens is 172 g/mol. The van der Waals surface area contributed by atoms with E-state index < -0.39 is 0 Å². The lowest BCUT2D eigenvalue weighted by molar-refractivity contribution is -0.109. The second-order valence-corrected chi connectivity index (χ2v) is 3.65. The molecule has 0 saturated carbocycles. The fourth-order valence-corrected chi connectivity index (χ4v) is 1.97. The molecule has 3 nitrogen and oxygen atoms in total. The molecule has 0 aliphatic carbocycles. The first-order valence-corrected chi connectivity index (χ1v) is 4.42. The quantitative estimate of drug-likeness (QED) is 0.591. The minimum atomic E-state index is 0.133. The number of carbonyl (C=O) groups excluding carboxylic acids is 1. The second kappa shape index (κ2) is 2.71. The van der Waals surface area contributed by atoms with Crippen molar-refractivity contribution in [3.8, 4) is 0 Å². The summed E-state index contributed by atoms with van der Waals surface area (Å²) in [5, 5.41) is 3.12. The van der Waals surface area contributed by atoms with Gasteiger partial charge in [0.1, 0.15) is 0 Å². The average Bonchev–Trinajstić information content (AvgIpc) is 2.04. The van der Waals surface area contributed by atoms with Gasteiger partial charge in [0.15, 0.2) is 0 Å². The van der Waals surface area contributed by atoms with Crippen LogP contribution in [0.15, 0.2) is 23.1 Å². The number of hydrogen-bond acceptors (Lipinski definition) is 4. The van der Waals surface area contributed by atoms with Crippen LogP contribution < -0.4 is 11.1 Å². The lowest BCUT2D eigenvalue weighted by Crippen LogP contribution is -2.16. The Balaban J connectivity index is 2.48. The summed E-state index contributed by atoms with van der Waals surface area (Å²) < 4.78 is 0. The number of benzene rings is 1. The third-order valence-electron chi connectivity index (χ3n) is 1.69. The van der Waals surface area contributed by atoms with Crippen LogP contribution in [0.3, 0.4) is 0 Å². The van der Waals surface area contributed by atoms with Gasteiger partial charge in [0, 0.05) is 4.90 Å². The third kappa shape index (κ3) is 1.14. The third-order valence-corrected chi connectivity index (χ3v) is 2.62. The van der Waals surface area contributed by atoms with Crippen LogP contribution in [0.5, 0.6) is 0 Å². The van der Waals surface area contributed by atoms with E-state index in [1.165, 1.54) is 11.8 Å². The maximum atomic E-state index is 11.0. The lowest BCUT2D eigenvalue weighted by Gasteiger charge is -2.17. The van der Waals surface area contributed by atoms with Crippen LogP contribution in [-0.4, -0.2) is 11.7 Å². The van der Waals surface area contributed by atoms with E-state index in [0.717, 1.165) is 10.6 Å². The molecule has 0 atom stereocenters. The van der Waals surface area contributed by atoms with Crippen LogP contribution in [0.2, 0.25) is 0 Å². The van der Waals surface area contributed by atoms with Crippen molar-refractivity contribution in [1.82, 2.24) is 0 Å². The summed E-state index contributed by atoms with van der Waals surface area (Å²) in [6.07, 6.45) is 0. The molecule has 4 heteroatoms. The minimum Gasteiger partial charge on any atom is -0.397 e. The number of nitrogen functional groups attached to an aromatic ring is 1. The Hall–Kier alpha value is -1.16. The molecule has 3 N–H and O–H groups in total. The van der Waals surface area contributed by atoms with Gasteiger partial charge in [-0.15, -0.1) is 0 Å². The Morgan fingerprint density at radius 3 is 3.17 bits per heavy atom. The first-order chi connectivity index (χ1) is 5.77. The van der Waals surface area contributed by atoms with Crippen molar-refractivity contribution in [3.63, 3.8) is 0 Å². The standard InChI is InChI=1S/C8H8N2OS/c9-5-2-1-3-6-8(5)10-4-7(11)12-6/h1-3,10H,4,9H2. The van der Waals surface area contributed by atoms with Gasteiger partial charge in [0.25, 0.3) is 0 Å². The maximum absolute atomic E-state index is 11.0. The second-order valence-electron chi connectivity index (χ2n) is 2.55. The van der Waals surface area contributed by atoms with Crippen molar-refractivity contribution in [3.05, 3.63) is 18.2 Å². The highest BCUT2D eigenvalue weighted by Crippen LogP contribution is 2.35. The number of hydrogen-bond donors (Lipinski definition) is 2. The van der Waals surface area contributed by atoms with Crippen LogP contribution in [0, 0.1) is 0 Å². The zero-order valence-electron chi connectivity index (χ0n) is 6.33. The normalized spacial score (nSPS) is 15.2. The number of para-hydroxylation sites is 1. The molecule has 12 heavy (non-hydrogen) atoms. The van der Waals surface area contributed by atoms with Crippen molar-refractivity contribution in [1.29, 1.82) is 0 Å². The van der Waals surface area contributed by atoms with Crippen LogP contribution in [0.1, 0.15) is 0 Å². The summed E-state index contributed by atoms with van der Waals surface area (Å²) >= 11 is 1.24. The van der Waals surface area contributed by atoms with E-state index in [-0.39, 0.29) is 5.12 Å². The van der Waals surface area contributed by atoms with Gasteiger partial charge in [-0.3, -0.25) is 4.79 Å². The number of nitrogens with two attached hydrogens (primary N) is 1. The highest BCUT2D eigenvalue weighted by Gasteiger charge is 2.16. The van der Waals surface area contributed by atoms with Crippen molar-refractivity contribution >= 4 is 28.3 Å². The number of anilines is 2. The largest absolute Gasteiger partial charge is 0.397 e. The van der Waals surface area contributed by atoms with Crippen molar-refractivity contribution in [2.45, 2.75) is 4.90 Å². The molecule has 1 aliphatic rings. The zero-order valence-corrected chi connectivity index (χ0v) is 7.15. The summed E-state index contributed by atoms with van der Waals surface area (Å²) in [7, 11) is 0. The van der Waals surface area contributed by atoms with Crippen LogP contribution >= 0.6 is 11.8 Å². The molecule has 0 radical (unpaired) electrons. The molecule has 62 valence electrons. The Labute approximate surface area is 74.3 Å². The van der Waals surface area contributed by atoms with Gasteiger partial charge in [0.05, 0.1) is 17.9 Å². The molecule has 1 aliphatic heterocycles. The van der Waals surface area contributed by atoms with Gasteiger partial charge in [-0.2, -0.15) is 0 Å². The molecule has 1 aromatic carbocycles. The lowest BCUT2D eigenvalue weighted by atomic mass is 10.2. The predicted molar refractivity (Wildman–Crippen MR) is 50.2 cm³/mol. The van der Waals surface area contributed by atoms with E-state index in [1.807, 2.05) is 18.2 Å². The van der Waals surface area contributed by atoms with E-state index in [2.05, 4.69) is 5.32 Å². The van der Waals surface area contributed by atoms with Gasteiger partial charge in [0.2, 0.25) is 5.12 Å². The van der Waals surface area contributed by atoms with Crippen LogP contribution in [-0.2, 0) is 4.79 Å². The Morgan fingerprint density at radius 2 is 2.33 bits per heavy atom. The molecule has 0 saturated heterocycles. The van der Waals surface area contributed by atoms with Gasteiger partial charge in [-0.05, 0) is 23.9 Å². The summed E-state index contributed by atoms with van der Waals surface area (Å²) in [4.78, 5) is 11.9. The number of carbonyl (C=O) groups is 1. The Bertz CT molecular complexity index is 338. The van der Waals surface area contributed by atoms with Gasteiger partial charge in [-0.1, -0.05) is 6.07 Å². The number of thioether (sulfide) groups is 1. The summed E-state index contributed by atoms with van der Waals surface area (Å²) in [6, 6.07) is 5.56. The molecule has 0 spiro atoms. The molecule has 1 aromatic rings. The fraction of sp³-hybridized carbons (Fsp3) is 0.125. The van der Waals surface area contributed by atoms with Gasteiger partial charge in [-0.25, -0.2) is 0 Å². The zero-order chi connectivity index (χ0) is 8.55. The van der Waals surface area contributed by atoms with E-state index in [9.17, 15) is 4.79 Å². The SMILES string of the molecule is Nc1cccc2c1NCC(=O)S2. The number of rotatable bonds is 0. The Morgan fingerprint density at radius 1 is 1.50 bits per heavy atom. The van der Waals surface area contributed by atoms with E-state index in [4.69, 9.17) is 5.73 Å². The summed E-state index contributed by atoms with van der Waals surface area (Å²) in [5.74, 6) is 0. The maximum Gasteiger partial charge on any atom is 0.212 e. The first-order valence-electron chi connectivity index (χ1n) is 3.60. The first kappa shape index (κ1) is 7.49. The minimum absolute atomic E-state index is 0.133. The molecular formula is C8H8N2OS. The predicted octanol–water partition coefficient (Wildman–Crippen LogP) is 1.31. The van der Waals surface area contributed by atoms with Crippen molar-refractivity contribution < 1.29 is 4.79 Å². The molecule has 0 bridgehead atoms. The monoisotopic (exact) mass is 180 g/mol. The summed E-state index contributed by atoms with van der Waals surface area (Å²) in [6.45, 7) is 0.367.